The molecule has 0 spiro atoms. The van der Waals surface area contributed by atoms with Gasteiger partial charge in [0.05, 0.1) is 6.10 Å². The third kappa shape index (κ3) is 5.30. The van der Waals surface area contributed by atoms with E-state index < -0.39 is 0 Å². The summed E-state index contributed by atoms with van der Waals surface area (Å²) in [6, 6.07) is 0. The first-order chi connectivity index (χ1) is 7.22. The first-order valence-corrected chi connectivity index (χ1v) is 5.90. The summed E-state index contributed by atoms with van der Waals surface area (Å²) in [7, 11) is 0. The molecular formula is C12H24N2O. The van der Waals surface area contributed by atoms with Crippen LogP contribution in [0.1, 0.15) is 26.2 Å². The summed E-state index contributed by atoms with van der Waals surface area (Å²) in [4.78, 5) is 2.45. The van der Waals surface area contributed by atoms with Crippen LogP contribution in [0.25, 0.3) is 0 Å². The number of rotatable bonds is 6. The van der Waals surface area contributed by atoms with Crippen molar-refractivity contribution < 1.29 is 4.74 Å². The van der Waals surface area contributed by atoms with Crippen LogP contribution in [0.5, 0.6) is 0 Å². The highest BCUT2D eigenvalue weighted by atomic mass is 16.5. The van der Waals surface area contributed by atoms with Gasteiger partial charge < -0.3 is 10.5 Å². The van der Waals surface area contributed by atoms with Crippen molar-refractivity contribution in [2.75, 3.05) is 32.8 Å². The fourth-order valence-electron chi connectivity index (χ4n) is 1.95. The summed E-state index contributed by atoms with van der Waals surface area (Å²) < 4.78 is 5.75. The van der Waals surface area contributed by atoms with Crippen LogP contribution >= 0.6 is 0 Å². The van der Waals surface area contributed by atoms with Crippen LogP contribution in [0, 0.1) is 0 Å². The molecule has 1 rings (SSSR count). The second-order valence-corrected chi connectivity index (χ2v) is 4.45. The molecule has 1 aliphatic rings. The van der Waals surface area contributed by atoms with Crippen molar-refractivity contribution in [3.05, 3.63) is 12.2 Å². The largest absolute Gasteiger partial charge is 0.378 e. The minimum absolute atomic E-state index is 0.456. The van der Waals surface area contributed by atoms with Crippen LogP contribution in [0.4, 0.5) is 0 Å². The SMILES string of the molecule is C=C(C)CN1CCC(OCCCN)CC1. The van der Waals surface area contributed by atoms with Gasteiger partial charge in [-0.1, -0.05) is 12.2 Å². The number of ether oxygens (including phenoxy) is 1. The number of hydrogen-bond donors (Lipinski definition) is 1. The molecule has 0 amide bonds. The maximum absolute atomic E-state index is 5.75. The Kier molecular flexibility index (Phi) is 5.91. The normalized spacial score (nSPS) is 19.3. The van der Waals surface area contributed by atoms with Gasteiger partial charge in [0.15, 0.2) is 0 Å². The topological polar surface area (TPSA) is 38.5 Å². The molecule has 1 heterocycles. The quantitative estimate of drug-likeness (QED) is 0.534. The third-order valence-electron chi connectivity index (χ3n) is 2.73. The number of likely N-dealkylation sites (tertiary alicyclic amines) is 1. The minimum Gasteiger partial charge on any atom is -0.378 e. The van der Waals surface area contributed by atoms with E-state index in [-0.39, 0.29) is 0 Å². The summed E-state index contributed by atoms with van der Waals surface area (Å²) in [5, 5.41) is 0. The van der Waals surface area contributed by atoms with Gasteiger partial charge in [0.25, 0.3) is 0 Å². The maximum Gasteiger partial charge on any atom is 0.0599 e. The van der Waals surface area contributed by atoms with Crippen molar-refractivity contribution in [1.82, 2.24) is 4.90 Å². The number of piperidine rings is 1. The molecule has 0 atom stereocenters. The lowest BCUT2D eigenvalue weighted by Gasteiger charge is -2.31. The van der Waals surface area contributed by atoms with Crippen molar-refractivity contribution in [2.45, 2.75) is 32.3 Å². The Morgan fingerprint density at radius 3 is 2.67 bits per heavy atom. The number of nitrogens with zero attached hydrogens (tertiary/aromatic N) is 1. The molecule has 0 radical (unpaired) electrons. The number of nitrogens with two attached hydrogens (primary N) is 1. The van der Waals surface area contributed by atoms with Crippen molar-refractivity contribution in [3.63, 3.8) is 0 Å². The van der Waals surface area contributed by atoms with E-state index >= 15 is 0 Å². The van der Waals surface area contributed by atoms with Crippen LogP contribution in [0.3, 0.4) is 0 Å². The molecular weight excluding hydrogens is 188 g/mol. The van der Waals surface area contributed by atoms with Crippen LogP contribution in [-0.4, -0.2) is 43.8 Å². The van der Waals surface area contributed by atoms with Gasteiger partial charge in [0.1, 0.15) is 0 Å². The second kappa shape index (κ2) is 6.99. The van der Waals surface area contributed by atoms with Crippen molar-refractivity contribution in [2.24, 2.45) is 5.73 Å². The van der Waals surface area contributed by atoms with Gasteiger partial charge in [-0.05, 0) is 32.7 Å². The van der Waals surface area contributed by atoms with Crippen LogP contribution < -0.4 is 5.73 Å². The standard InChI is InChI=1S/C12H24N2O/c1-11(2)10-14-7-4-12(5-8-14)15-9-3-6-13/h12H,1,3-10,13H2,2H3. The Morgan fingerprint density at radius 1 is 1.47 bits per heavy atom. The molecule has 1 saturated heterocycles. The highest BCUT2D eigenvalue weighted by Crippen LogP contribution is 2.14. The molecule has 0 aromatic carbocycles. The third-order valence-corrected chi connectivity index (χ3v) is 2.73. The van der Waals surface area contributed by atoms with Gasteiger partial charge in [0.2, 0.25) is 0 Å². The Labute approximate surface area is 93.3 Å². The highest BCUT2D eigenvalue weighted by molar-refractivity contribution is 4.92. The summed E-state index contributed by atoms with van der Waals surface area (Å²) >= 11 is 0. The van der Waals surface area contributed by atoms with E-state index in [0.29, 0.717) is 6.10 Å². The molecule has 1 fully saturated rings. The van der Waals surface area contributed by atoms with Crippen molar-refractivity contribution in [3.8, 4) is 0 Å². The molecule has 88 valence electrons. The summed E-state index contributed by atoms with van der Waals surface area (Å²) in [6.45, 7) is 10.9. The van der Waals surface area contributed by atoms with Crippen LogP contribution in [0.15, 0.2) is 12.2 Å². The average molecular weight is 212 g/mol. The summed E-state index contributed by atoms with van der Waals surface area (Å²) in [6.07, 6.45) is 3.74. The number of hydrogen-bond acceptors (Lipinski definition) is 3. The monoisotopic (exact) mass is 212 g/mol. The molecule has 0 aromatic heterocycles. The lowest BCUT2D eigenvalue weighted by atomic mass is 10.1. The molecule has 2 N–H and O–H groups in total. The van der Waals surface area contributed by atoms with Gasteiger partial charge in [0, 0.05) is 26.2 Å². The first kappa shape index (κ1) is 12.7. The van der Waals surface area contributed by atoms with Crippen molar-refractivity contribution >= 4 is 0 Å². The maximum atomic E-state index is 5.75. The summed E-state index contributed by atoms with van der Waals surface area (Å²) in [5.41, 5.74) is 6.67. The van der Waals surface area contributed by atoms with Gasteiger partial charge >= 0.3 is 0 Å². The lowest BCUT2D eigenvalue weighted by Crippen LogP contribution is -2.37. The van der Waals surface area contributed by atoms with Crippen LogP contribution in [0.2, 0.25) is 0 Å². The Balaban J connectivity index is 2.10. The lowest BCUT2D eigenvalue weighted by molar-refractivity contribution is 0.00907. The summed E-state index contributed by atoms with van der Waals surface area (Å²) in [5.74, 6) is 0. The molecule has 3 heteroatoms. The first-order valence-electron chi connectivity index (χ1n) is 5.90. The zero-order valence-corrected chi connectivity index (χ0v) is 9.87. The molecule has 3 nitrogen and oxygen atoms in total. The molecule has 0 aliphatic carbocycles. The Morgan fingerprint density at radius 2 is 2.13 bits per heavy atom. The zero-order chi connectivity index (χ0) is 11.1. The van der Waals surface area contributed by atoms with E-state index in [1.165, 1.54) is 5.57 Å². The van der Waals surface area contributed by atoms with Gasteiger partial charge in [-0.3, -0.25) is 4.90 Å². The van der Waals surface area contributed by atoms with E-state index in [4.69, 9.17) is 10.5 Å². The van der Waals surface area contributed by atoms with E-state index in [1.54, 1.807) is 0 Å². The predicted octanol–water partition coefficient (Wildman–Crippen LogP) is 1.39. The molecule has 0 saturated carbocycles. The van der Waals surface area contributed by atoms with Crippen LogP contribution in [-0.2, 0) is 4.74 Å². The molecule has 15 heavy (non-hydrogen) atoms. The minimum atomic E-state index is 0.456. The van der Waals surface area contributed by atoms with Gasteiger partial charge in [-0.2, -0.15) is 0 Å². The Bertz CT molecular complexity index is 186. The van der Waals surface area contributed by atoms with Crippen molar-refractivity contribution in [1.29, 1.82) is 0 Å². The molecule has 0 unspecified atom stereocenters. The zero-order valence-electron chi connectivity index (χ0n) is 9.87. The fraction of sp³-hybridized carbons (Fsp3) is 0.833. The Hall–Kier alpha value is -0.380. The molecule has 1 aliphatic heterocycles. The highest BCUT2D eigenvalue weighted by Gasteiger charge is 2.18. The van der Waals surface area contributed by atoms with Gasteiger partial charge in [-0.25, -0.2) is 0 Å². The second-order valence-electron chi connectivity index (χ2n) is 4.45. The van der Waals surface area contributed by atoms with E-state index in [0.717, 1.165) is 52.0 Å². The predicted molar refractivity (Wildman–Crippen MR) is 63.9 cm³/mol. The van der Waals surface area contributed by atoms with Gasteiger partial charge in [-0.15, -0.1) is 0 Å². The molecule has 0 bridgehead atoms. The van der Waals surface area contributed by atoms with E-state index in [2.05, 4.69) is 18.4 Å². The fourth-order valence-corrected chi connectivity index (χ4v) is 1.95. The average Bonchev–Trinajstić information content (AvgIpc) is 2.20. The molecule has 0 aromatic rings. The smallest absolute Gasteiger partial charge is 0.0599 e. The van der Waals surface area contributed by atoms with E-state index in [9.17, 15) is 0 Å². The van der Waals surface area contributed by atoms with E-state index in [1.807, 2.05) is 0 Å².